The monoisotopic (exact) mass is 421 g/mol. The van der Waals surface area contributed by atoms with Gasteiger partial charge in [0, 0.05) is 57.6 Å². The first kappa shape index (κ1) is 22.7. The van der Waals surface area contributed by atoms with Crippen LogP contribution in [0.3, 0.4) is 0 Å². The Kier molecular flexibility index (Phi) is 8.32. The lowest BCUT2D eigenvalue weighted by molar-refractivity contribution is -0.133. The number of carbonyl (C=O) groups is 1. The van der Waals surface area contributed by atoms with Crippen molar-refractivity contribution < 1.29 is 4.79 Å². The summed E-state index contributed by atoms with van der Waals surface area (Å²) in [6.07, 6.45) is 0. The number of halogens is 2. The van der Waals surface area contributed by atoms with Crippen LogP contribution in [0.25, 0.3) is 0 Å². The van der Waals surface area contributed by atoms with Crippen molar-refractivity contribution in [3.63, 3.8) is 0 Å². The molecule has 0 radical (unpaired) electrons. The van der Waals surface area contributed by atoms with E-state index in [1.54, 1.807) is 6.92 Å². The van der Waals surface area contributed by atoms with Gasteiger partial charge in [-0.3, -0.25) is 9.69 Å². The second-order valence-electron chi connectivity index (χ2n) is 7.38. The van der Waals surface area contributed by atoms with E-state index in [0.29, 0.717) is 18.0 Å². The van der Waals surface area contributed by atoms with Crippen LogP contribution in [0.2, 0.25) is 0 Å². The van der Waals surface area contributed by atoms with E-state index in [1.807, 2.05) is 4.90 Å². The van der Waals surface area contributed by atoms with Crippen molar-refractivity contribution in [2.45, 2.75) is 24.9 Å². The number of benzene rings is 2. The minimum Gasteiger partial charge on any atom is -0.340 e. The topological polar surface area (TPSA) is 35.6 Å². The molecule has 2 aromatic carbocycles. The number of nitrogens with one attached hydrogen (secondary N) is 1. The van der Waals surface area contributed by atoms with Crippen LogP contribution in [-0.4, -0.2) is 60.5 Å². The molecule has 4 rings (SSSR count). The smallest absolute Gasteiger partial charge is 0.219 e. The summed E-state index contributed by atoms with van der Waals surface area (Å²) in [5.74, 6) is 0.519. The number of rotatable bonds is 3. The fraction of sp³-hybridized carbons (Fsp3) is 0.409. The molecule has 0 bridgehead atoms. The molecule has 28 heavy (non-hydrogen) atoms. The van der Waals surface area contributed by atoms with Crippen LogP contribution in [0, 0.1) is 0 Å². The van der Waals surface area contributed by atoms with Crippen molar-refractivity contribution >= 4 is 30.7 Å². The van der Waals surface area contributed by atoms with Gasteiger partial charge >= 0.3 is 0 Å². The molecule has 1 N–H and O–H groups in total. The Hall–Kier alpha value is -1.59. The second kappa shape index (κ2) is 10.3. The highest BCUT2D eigenvalue weighted by Gasteiger charge is 2.39. The van der Waals surface area contributed by atoms with Gasteiger partial charge in [-0.2, -0.15) is 0 Å². The van der Waals surface area contributed by atoms with Crippen LogP contribution in [-0.2, 0) is 4.79 Å². The lowest BCUT2D eigenvalue weighted by Gasteiger charge is -2.50. The Morgan fingerprint density at radius 1 is 0.929 bits per heavy atom. The van der Waals surface area contributed by atoms with Crippen molar-refractivity contribution in [3.8, 4) is 0 Å². The normalized spacial score (nSPS) is 22.0. The van der Waals surface area contributed by atoms with Crippen LogP contribution in [0.1, 0.15) is 24.0 Å². The van der Waals surface area contributed by atoms with E-state index < -0.39 is 0 Å². The highest BCUT2D eigenvalue weighted by Crippen LogP contribution is 2.33. The maximum atomic E-state index is 11.8. The zero-order chi connectivity index (χ0) is 17.9. The molecule has 2 aromatic rings. The average molecular weight is 422 g/mol. The summed E-state index contributed by atoms with van der Waals surface area (Å²) in [7, 11) is 0. The molecule has 2 unspecified atom stereocenters. The number of piperazine rings is 2. The van der Waals surface area contributed by atoms with Crippen LogP contribution in [0.15, 0.2) is 60.7 Å². The minimum atomic E-state index is 0. The van der Waals surface area contributed by atoms with Gasteiger partial charge in [0.1, 0.15) is 0 Å². The van der Waals surface area contributed by atoms with E-state index in [4.69, 9.17) is 0 Å². The first-order valence-electron chi connectivity index (χ1n) is 9.56. The van der Waals surface area contributed by atoms with E-state index in [0.717, 1.165) is 32.7 Å². The van der Waals surface area contributed by atoms with E-state index in [9.17, 15) is 4.79 Å². The van der Waals surface area contributed by atoms with Gasteiger partial charge in [0.25, 0.3) is 0 Å². The Morgan fingerprint density at radius 3 is 2.04 bits per heavy atom. The fourth-order valence-electron chi connectivity index (χ4n) is 4.56. The maximum absolute atomic E-state index is 11.8. The Morgan fingerprint density at radius 2 is 1.50 bits per heavy atom. The third-order valence-electron chi connectivity index (χ3n) is 5.84. The number of carbonyl (C=O) groups excluding carboxylic acids is 1. The lowest BCUT2D eigenvalue weighted by Crippen LogP contribution is -2.66. The number of amides is 1. The zero-order valence-corrected chi connectivity index (χ0v) is 17.8. The molecule has 2 aliphatic heterocycles. The predicted octanol–water partition coefficient (Wildman–Crippen LogP) is 3.17. The standard InChI is InChI=1S/C22H27N3O.2ClH/c1-17(26)24-12-13-25-20(16-24)14-23-15-21(25)22(18-8-4-2-5-9-18)19-10-6-3-7-11-19;;/h2-11,20-23H,12-16H2,1H3;2*1H. The second-order valence-corrected chi connectivity index (χ2v) is 7.38. The highest BCUT2D eigenvalue weighted by molar-refractivity contribution is 5.85. The molecule has 0 spiro atoms. The summed E-state index contributed by atoms with van der Waals surface area (Å²) in [6, 6.07) is 22.5. The molecule has 0 aromatic heterocycles. The van der Waals surface area contributed by atoms with Crippen LogP contribution in [0.4, 0.5) is 0 Å². The maximum Gasteiger partial charge on any atom is 0.219 e. The summed E-state index contributed by atoms with van der Waals surface area (Å²) < 4.78 is 0. The molecule has 4 nitrogen and oxygen atoms in total. The van der Waals surface area contributed by atoms with E-state index in [1.165, 1.54) is 11.1 Å². The van der Waals surface area contributed by atoms with Crippen molar-refractivity contribution in [2.24, 2.45) is 0 Å². The molecule has 2 saturated heterocycles. The molecule has 6 heteroatoms. The average Bonchev–Trinajstić information content (AvgIpc) is 2.69. The molecule has 0 saturated carbocycles. The summed E-state index contributed by atoms with van der Waals surface area (Å²) in [4.78, 5) is 16.4. The number of hydrogen-bond acceptors (Lipinski definition) is 3. The van der Waals surface area contributed by atoms with Crippen LogP contribution >= 0.6 is 24.8 Å². The van der Waals surface area contributed by atoms with E-state index in [2.05, 4.69) is 70.9 Å². The Labute approximate surface area is 180 Å². The third kappa shape index (κ3) is 4.69. The number of hydrogen-bond donors (Lipinski definition) is 1. The van der Waals surface area contributed by atoms with Crippen molar-refractivity contribution in [1.82, 2.24) is 15.1 Å². The first-order valence-corrected chi connectivity index (χ1v) is 9.56. The molecule has 0 aliphatic carbocycles. The van der Waals surface area contributed by atoms with Gasteiger partial charge in [0.05, 0.1) is 0 Å². The molecule has 2 atom stereocenters. The molecule has 1 amide bonds. The van der Waals surface area contributed by atoms with Gasteiger partial charge in [0.15, 0.2) is 0 Å². The Bertz CT molecular complexity index is 704. The largest absolute Gasteiger partial charge is 0.340 e. The summed E-state index contributed by atoms with van der Waals surface area (Å²) in [5.41, 5.74) is 2.72. The molecule has 2 fully saturated rings. The van der Waals surface area contributed by atoms with Crippen molar-refractivity contribution in [1.29, 1.82) is 0 Å². The van der Waals surface area contributed by atoms with Gasteiger partial charge in [-0.1, -0.05) is 60.7 Å². The summed E-state index contributed by atoms with van der Waals surface area (Å²) in [6.45, 7) is 6.22. The first-order chi connectivity index (χ1) is 12.7. The molecule has 2 heterocycles. The minimum absolute atomic E-state index is 0. The quantitative estimate of drug-likeness (QED) is 0.826. The summed E-state index contributed by atoms with van der Waals surface area (Å²) >= 11 is 0. The zero-order valence-electron chi connectivity index (χ0n) is 16.2. The van der Waals surface area contributed by atoms with E-state index >= 15 is 0 Å². The molecule has 152 valence electrons. The van der Waals surface area contributed by atoms with Crippen LogP contribution in [0.5, 0.6) is 0 Å². The fourth-order valence-corrected chi connectivity index (χ4v) is 4.56. The lowest BCUT2D eigenvalue weighted by atomic mass is 9.82. The highest BCUT2D eigenvalue weighted by atomic mass is 35.5. The van der Waals surface area contributed by atoms with Gasteiger partial charge in [0.2, 0.25) is 5.91 Å². The molecular formula is C22H29Cl2N3O. The number of fused-ring (bicyclic) bond motifs is 1. The van der Waals surface area contributed by atoms with Crippen molar-refractivity contribution in [3.05, 3.63) is 71.8 Å². The van der Waals surface area contributed by atoms with Gasteiger partial charge in [-0.15, -0.1) is 24.8 Å². The van der Waals surface area contributed by atoms with Gasteiger partial charge < -0.3 is 10.2 Å². The third-order valence-corrected chi connectivity index (χ3v) is 5.84. The molecule has 2 aliphatic rings. The number of nitrogens with zero attached hydrogens (tertiary/aromatic N) is 2. The SMILES string of the molecule is CC(=O)N1CCN2C(CNCC2C(c2ccccc2)c2ccccc2)C1.Cl.Cl. The van der Waals surface area contributed by atoms with Gasteiger partial charge in [-0.05, 0) is 11.1 Å². The molecular weight excluding hydrogens is 393 g/mol. The van der Waals surface area contributed by atoms with Crippen LogP contribution < -0.4 is 5.32 Å². The predicted molar refractivity (Wildman–Crippen MR) is 119 cm³/mol. The van der Waals surface area contributed by atoms with Crippen molar-refractivity contribution in [2.75, 3.05) is 32.7 Å². The van der Waals surface area contributed by atoms with E-state index in [-0.39, 0.29) is 30.7 Å². The van der Waals surface area contributed by atoms with Gasteiger partial charge in [-0.25, -0.2) is 0 Å². The Balaban J connectivity index is 0.00000140. The summed E-state index contributed by atoms with van der Waals surface area (Å²) in [5, 5.41) is 3.63.